The van der Waals surface area contributed by atoms with E-state index in [9.17, 15) is 19.5 Å². The molecule has 0 rings (SSSR count). The van der Waals surface area contributed by atoms with Crippen LogP contribution in [0.2, 0.25) is 0 Å². The zero-order valence-corrected chi connectivity index (χ0v) is 33.8. The summed E-state index contributed by atoms with van der Waals surface area (Å²) in [5.74, 6) is -1.74. The van der Waals surface area contributed by atoms with Gasteiger partial charge in [-0.3, -0.25) is 9.59 Å². The number of likely N-dealkylation sites (N-methyl/N-ethyl adjacent to an activating group) is 1. The lowest BCUT2D eigenvalue weighted by Gasteiger charge is -2.34. The van der Waals surface area contributed by atoms with Gasteiger partial charge in [0.15, 0.2) is 6.10 Å². The van der Waals surface area contributed by atoms with E-state index >= 15 is 0 Å². The van der Waals surface area contributed by atoms with Crippen molar-refractivity contribution in [1.82, 2.24) is 0 Å². The van der Waals surface area contributed by atoms with Crippen molar-refractivity contribution in [1.29, 1.82) is 0 Å². The molecule has 0 amide bonds. The summed E-state index contributed by atoms with van der Waals surface area (Å²) < 4.78 is 17.1. The lowest BCUT2D eigenvalue weighted by Crippen LogP contribution is -2.55. The lowest BCUT2D eigenvalue weighted by atomic mass is 10.1. The molecular formula is C43H79NO7. The molecule has 0 spiro atoms. The summed E-state index contributed by atoms with van der Waals surface area (Å²) in [7, 11) is 5.40. The predicted molar refractivity (Wildman–Crippen MR) is 208 cm³/mol. The fourth-order valence-corrected chi connectivity index (χ4v) is 6.06. The summed E-state index contributed by atoms with van der Waals surface area (Å²) in [6, 6.07) is -0.721. The number of rotatable bonds is 37. The Kier molecular flexibility index (Phi) is 33.4. The van der Waals surface area contributed by atoms with E-state index in [1.54, 1.807) is 21.1 Å². The minimum atomic E-state index is -1.13. The van der Waals surface area contributed by atoms with Crippen LogP contribution in [0.3, 0.4) is 0 Å². The second-order valence-electron chi connectivity index (χ2n) is 15.3. The molecule has 298 valence electrons. The number of aliphatic carboxylic acids is 1. The minimum Gasteiger partial charge on any atom is -0.544 e. The van der Waals surface area contributed by atoms with Gasteiger partial charge < -0.3 is 28.6 Å². The van der Waals surface area contributed by atoms with Gasteiger partial charge in [0, 0.05) is 19.3 Å². The Hall–Kier alpha value is -2.19. The van der Waals surface area contributed by atoms with Crippen LogP contribution in [0.1, 0.15) is 181 Å². The molecule has 0 N–H and O–H groups in total. The average Bonchev–Trinajstić information content (AvgIpc) is 3.08. The maximum absolute atomic E-state index is 12.6. The highest BCUT2D eigenvalue weighted by atomic mass is 16.6. The van der Waals surface area contributed by atoms with Crippen LogP contribution < -0.4 is 5.11 Å². The maximum Gasteiger partial charge on any atom is 0.306 e. The van der Waals surface area contributed by atoms with Gasteiger partial charge in [0.05, 0.1) is 40.3 Å². The number of allylic oxidation sites excluding steroid dienone is 4. The van der Waals surface area contributed by atoms with E-state index in [-0.39, 0.29) is 42.7 Å². The maximum atomic E-state index is 12.6. The monoisotopic (exact) mass is 722 g/mol. The topological polar surface area (TPSA) is 102 Å². The lowest BCUT2D eigenvalue weighted by molar-refractivity contribution is -0.889. The van der Waals surface area contributed by atoms with Crippen molar-refractivity contribution in [2.45, 2.75) is 193 Å². The highest BCUT2D eigenvalue weighted by molar-refractivity contribution is 5.70. The summed E-state index contributed by atoms with van der Waals surface area (Å²) in [6.07, 6.45) is 36.3. The molecule has 8 nitrogen and oxygen atoms in total. The fourth-order valence-electron chi connectivity index (χ4n) is 6.06. The van der Waals surface area contributed by atoms with Crippen LogP contribution in [0.15, 0.2) is 24.3 Å². The molecule has 0 fully saturated rings. The SMILES string of the molecule is CCCCC/C=C/C=C/CCCCCCCCCCCCC(=O)OCC(COCCC(C(=O)[O-])[N+](C)(C)C)OC(=O)CCCCCCCCCC. The minimum absolute atomic E-state index is 0.0429. The van der Waals surface area contributed by atoms with Gasteiger partial charge in [-0.2, -0.15) is 0 Å². The fraction of sp³-hybridized carbons (Fsp3) is 0.837. The van der Waals surface area contributed by atoms with E-state index in [1.807, 2.05) is 0 Å². The molecule has 0 bridgehead atoms. The van der Waals surface area contributed by atoms with Crippen LogP contribution in [0.5, 0.6) is 0 Å². The molecule has 2 unspecified atom stereocenters. The molecule has 0 radical (unpaired) electrons. The Labute approximate surface area is 313 Å². The number of esters is 2. The number of unbranched alkanes of at least 4 members (excludes halogenated alkanes) is 20. The Morgan fingerprint density at radius 3 is 1.51 bits per heavy atom. The Bertz CT molecular complexity index is 895. The summed E-state index contributed by atoms with van der Waals surface area (Å²) in [4.78, 5) is 36.6. The zero-order chi connectivity index (χ0) is 37.8. The molecule has 2 atom stereocenters. The third-order valence-corrected chi connectivity index (χ3v) is 9.37. The Balaban J connectivity index is 4.23. The normalized spacial score (nSPS) is 13.2. The van der Waals surface area contributed by atoms with Crippen LogP contribution in [0.4, 0.5) is 0 Å². The van der Waals surface area contributed by atoms with Crippen molar-refractivity contribution in [2.75, 3.05) is 41.0 Å². The van der Waals surface area contributed by atoms with Crippen molar-refractivity contribution >= 4 is 17.9 Å². The number of carbonyl (C=O) groups is 3. The van der Waals surface area contributed by atoms with Gasteiger partial charge in [-0.15, -0.1) is 0 Å². The second kappa shape index (κ2) is 34.9. The third-order valence-electron chi connectivity index (χ3n) is 9.37. The van der Waals surface area contributed by atoms with Crippen LogP contribution in [0.25, 0.3) is 0 Å². The first-order valence-corrected chi connectivity index (χ1v) is 20.9. The molecule has 0 aliphatic rings. The molecule has 8 heteroatoms. The summed E-state index contributed by atoms with van der Waals surface area (Å²) in [5, 5.41) is 11.6. The first-order valence-electron chi connectivity index (χ1n) is 20.9. The number of carboxylic acid groups (broad SMARTS) is 1. The molecule has 0 saturated carbocycles. The van der Waals surface area contributed by atoms with Crippen LogP contribution >= 0.6 is 0 Å². The van der Waals surface area contributed by atoms with Crippen molar-refractivity contribution in [2.24, 2.45) is 0 Å². The molecule has 0 saturated heterocycles. The zero-order valence-electron chi connectivity index (χ0n) is 33.8. The number of nitrogens with zero attached hydrogens (tertiary/aromatic N) is 1. The van der Waals surface area contributed by atoms with E-state index in [1.165, 1.54) is 109 Å². The van der Waals surface area contributed by atoms with E-state index in [0.29, 0.717) is 12.8 Å². The van der Waals surface area contributed by atoms with Crippen molar-refractivity contribution in [3.05, 3.63) is 24.3 Å². The van der Waals surface area contributed by atoms with Crippen molar-refractivity contribution in [3.63, 3.8) is 0 Å². The van der Waals surface area contributed by atoms with Gasteiger partial charge >= 0.3 is 11.9 Å². The number of carbonyl (C=O) groups excluding carboxylic acids is 3. The summed E-state index contributed by atoms with van der Waals surface area (Å²) in [5.41, 5.74) is 0. The summed E-state index contributed by atoms with van der Waals surface area (Å²) >= 11 is 0. The standard InChI is InChI=1S/C43H79NO7/c1-6-8-10-12-14-16-17-18-19-20-21-22-23-24-25-26-28-29-31-33-41(45)50-38-39(37-49-36-35-40(43(47)48)44(3,4)5)51-42(46)34-32-30-27-15-13-11-9-7-2/h14,16-18,39-40H,6-13,15,19-38H2,1-5H3/b16-14+,18-17+. The van der Waals surface area contributed by atoms with Gasteiger partial charge in [-0.05, 0) is 38.5 Å². The van der Waals surface area contributed by atoms with Gasteiger partial charge in [0.25, 0.3) is 0 Å². The van der Waals surface area contributed by atoms with Gasteiger partial charge in [0.2, 0.25) is 0 Å². The van der Waals surface area contributed by atoms with Crippen LogP contribution in [0, 0.1) is 0 Å². The molecule has 0 aromatic rings. The number of ether oxygens (including phenoxy) is 3. The first-order chi connectivity index (χ1) is 24.6. The molecule has 0 aromatic carbocycles. The molecule has 0 aromatic heterocycles. The number of hydrogen-bond donors (Lipinski definition) is 0. The predicted octanol–water partition coefficient (Wildman–Crippen LogP) is 9.58. The van der Waals surface area contributed by atoms with E-state index in [2.05, 4.69) is 38.2 Å². The highest BCUT2D eigenvalue weighted by Gasteiger charge is 2.25. The van der Waals surface area contributed by atoms with Gasteiger partial charge in [-0.25, -0.2) is 0 Å². The van der Waals surface area contributed by atoms with E-state index < -0.39 is 18.1 Å². The Morgan fingerprint density at radius 2 is 1.02 bits per heavy atom. The van der Waals surface area contributed by atoms with Crippen molar-refractivity contribution in [3.8, 4) is 0 Å². The van der Waals surface area contributed by atoms with E-state index in [4.69, 9.17) is 14.2 Å². The van der Waals surface area contributed by atoms with Gasteiger partial charge in [0.1, 0.15) is 12.6 Å². The second-order valence-corrected chi connectivity index (χ2v) is 15.3. The molecular weight excluding hydrogens is 642 g/mol. The first kappa shape index (κ1) is 48.8. The van der Waals surface area contributed by atoms with Crippen molar-refractivity contribution < 1.29 is 38.2 Å². The number of hydrogen-bond acceptors (Lipinski definition) is 7. The Morgan fingerprint density at radius 1 is 0.588 bits per heavy atom. The molecule has 0 aliphatic carbocycles. The number of carboxylic acids is 1. The third kappa shape index (κ3) is 33.4. The van der Waals surface area contributed by atoms with Gasteiger partial charge in [-0.1, -0.05) is 147 Å². The van der Waals surface area contributed by atoms with E-state index in [0.717, 1.165) is 38.5 Å². The van der Waals surface area contributed by atoms with Crippen LogP contribution in [-0.4, -0.2) is 75.5 Å². The largest absolute Gasteiger partial charge is 0.544 e. The summed E-state index contributed by atoms with van der Waals surface area (Å²) in [6.45, 7) is 4.60. The van der Waals surface area contributed by atoms with Crippen LogP contribution in [-0.2, 0) is 28.6 Å². The average molecular weight is 722 g/mol. The molecule has 0 aliphatic heterocycles. The highest BCUT2D eigenvalue weighted by Crippen LogP contribution is 2.14. The molecule has 51 heavy (non-hydrogen) atoms. The molecule has 0 heterocycles. The quantitative estimate of drug-likeness (QED) is 0.0273. The number of quaternary nitrogens is 1. The smallest absolute Gasteiger partial charge is 0.306 e.